The maximum absolute atomic E-state index is 14.1. The predicted molar refractivity (Wildman–Crippen MR) is 158 cm³/mol. The summed E-state index contributed by atoms with van der Waals surface area (Å²) in [5, 5.41) is 2.62. The number of methoxy groups -OCH3 is 1. The number of ether oxygens (including phenoxy) is 3. The molecule has 3 aliphatic rings. The second-order valence-electron chi connectivity index (χ2n) is 12.9. The van der Waals surface area contributed by atoms with Crippen LogP contribution in [0, 0.1) is 0 Å². The average Bonchev–Trinajstić information content (AvgIpc) is 3.59. The van der Waals surface area contributed by atoms with Crippen molar-refractivity contribution in [1.82, 2.24) is 10.2 Å². The molecule has 6 rings (SSSR count). The number of cyclic esters (lactones) is 2. The molecule has 3 aromatic rings. The van der Waals surface area contributed by atoms with Crippen molar-refractivity contribution in [3.63, 3.8) is 0 Å². The molecule has 3 heterocycles. The van der Waals surface area contributed by atoms with Crippen molar-refractivity contribution >= 4 is 12.2 Å². The lowest BCUT2D eigenvalue weighted by atomic mass is 9.81. The number of carbonyl (C=O) groups excluding carboxylic acids is 2. The lowest BCUT2D eigenvalue weighted by Gasteiger charge is -2.38. The molecule has 4 atom stereocenters. The summed E-state index contributed by atoms with van der Waals surface area (Å²) in [6, 6.07) is 6.67. The average molecular weight is 717 g/mol. The molecule has 50 heavy (non-hydrogen) atoms. The van der Waals surface area contributed by atoms with E-state index in [1.807, 2.05) is 0 Å². The molecular weight excluding hydrogens is 687 g/mol. The van der Waals surface area contributed by atoms with E-state index >= 15 is 0 Å². The Morgan fingerprint density at radius 3 is 2.00 bits per heavy atom. The van der Waals surface area contributed by atoms with Gasteiger partial charge in [-0.3, -0.25) is 4.90 Å². The minimum Gasteiger partial charge on any atom is -0.496 e. The fraction of sp³-hybridized carbons (Fsp3) is 0.412. The third-order valence-corrected chi connectivity index (χ3v) is 9.45. The Morgan fingerprint density at radius 2 is 1.42 bits per heavy atom. The predicted octanol–water partition coefficient (Wildman–Crippen LogP) is 9.42. The Labute approximate surface area is 279 Å². The Kier molecular flexibility index (Phi) is 8.45. The van der Waals surface area contributed by atoms with Crippen LogP contribution in [0.3, 0.4) is 0 Å². The molecule has 3 saturated heterocycles. The molecule has 0 spiro atoms. The standard InChI is InChI=1S/C34H29F9N2O5/c1-31(2)24(15-44-29(46)50-31)16-4-9-27(48-3)23(12-16)21-6-5-18(32(35,36)37)14-22(21)25-7-8-26-28(49-30(47)45(25)26)17-10-19(33(38,39)40)13-20(11-17)34(41,42)43/h4-6,9-14,24-26,28H,7-8,15H2,1-3H3,(H,44,46)/t24?,25-,26-,28+/m0/s1. The Morgan fingerprint density at radius 1 is 0.780 bits per heavy atom. The third-order valence-electron chi connectivity index (χ3n) is 9.45. The van der Waals surface area contributed by atoms with Gasteiger partial charge >= 0.3 is 30.7 Å². The van der Waals surface area contributed by atoms with Crippen LogP contribution in [0.2, 0.25) is 0 Å². The van der Waals surface area contributed by atoms with Gasteiger partial charge < -0.3 is 19.5 Å². The number of carbonyl (C=O) groups is 2. The molecule has 0 radical (unpaired) electrons. The number of rotatable bonds is 5. The molecule has 268 valence electrons. The molecule has 0 saturated carbocycles. The molecule has 0 aromatic heterocycles. The Hall–Kier alpha value is -4.63. The van der Waals surface area contributed by atoms with E-state index in [0.29, 0.717) is 23.3 Å². The van der Waals surface area contributed by atoms with Crippen LogP contribution < -0.4 is 10.1 Å². The van der Waals surface area contributed by atoms with Crippen molar-refractivity contribution < 1.29 is 63.3 Å². The van der Waals surface area contributed by atoms with Crippen LogP contribution in [0.4, 0.5) is 49.1 Å². The van der Waals surface area contributed by atoms with Gasteiger partial charge in [0.2, 0.25) is 0 Å². The summed E-state index contributed by atoms with van der Waals surface area (Å²) in [5.41, 5.74) is -4.52. The van der Waals surface area contributed by atoms with Crippen molar-refractivity contribution in [3.05, 3.63) is 88.0 Å². The third kappa shape index (κ3) is 6.39. The van der Waals surface area contributed by atoms with Crippen molar-refractivity contribution in [1.29, 1.82) is 0 Å². The van der Waals surface area contributed by atoms with Gasteiger partial charge in [-0.15, -0.1) is 0 Å². The van der Waals surface area contributed by atoms with Gasteiger partial charge in [0.05, 0.1) is 35.9 Å². The van der Waals surface area contributed by atoms with Gasteiger partial charge in [0.25, 0.3) is 0 Å². The molecule has 3 aromatic carbocycles. The van der Waals surface area contributed by atoms with Gasteiger partial charge in [0.1, 0.15) is 17.5 Å². The summed E-state index contributed by atoms with van der Waals surface area (Å²) in [4.78, 5) is 26.4. The van der Waals surface area contributed by atoms with E-state index in [1.54, 1.807) is 32.0 Å². The molecule has 1 N–H and O–H groups in total. The number of halogens is 9. The number of amides is 2. The van der Waals surface area contributed by atoms with E-state index in [0.717, 1.165) is 17.0 Å². The first-order valence-corrected chi connectivity index (χ1v) is 15.3. The molecule has 0 bridgehead atoms. The second-order valence-corrected chi connectivity index (χ2v) is 12.9. The van der Waals surface area contributed by atoms with Crippen LogP contribution in [-0.4, -0.2) is 42.4 Å². The van der Waals surface area contributed by atoms with Crippen molar-refractivity contribution in [2.45, 2.75) is 74.9 Å². The highest BCUT2D eigenvalue weighted by atomic mass is 19.4. The topological polar surface area (TPSA) is 77.1 Å². The molecular formula is C34H29F9N2O5. The summed E-state index contributed by atoms with van der Waals surface area (Å²) in [6.07, 6.45) is -18.4. The highest BCUT2D eigenvalue weighted by molar-refractivity contribution is 5.78. The first-order valence-electron chi connectivity index (χ1n) is 15.3. The van der Waals surface area contributed by atoms with Crippen LogP contribution in [0.5, 0.6) is 5.75 Å². The second kappa shape index (κ2) is 12.0. The summed E-state index contributed by atoms with van der Waals surface area (Å²) in [5.74, 6) is -0.143. The van der Waals surface area contributed by atoms with Crippen LogP contribution in [0.25, 0.3) is 11.1 Å². The van der Waals surface area contributed by atoms with Crippen molar-refractivity contribution in [2.24, 2.45) is 0 Å². The van der Waals surface area contributed by atoms with Gasteiger partial charge in [-0.05, 0) is 91.4 Å². The Balaban J connectivity index is 1.45. The molecule has 0 aliphatic carbocycles. The number of hydrogen-bond acceptors (Lipinski definition) is 5. The molecule has 16 heteroatoms. The SMILES string of the molecule is COc1ccc(C2CNC(=O)OC2(C)C)cc1-c1ccc(C(F)(F)F)cc1[C@@H]1CC[C@H]2[C@@H](c3cc(C(F)(F)F)cc(C(F)(F)F)c3)OC(=O)N12. The lowest BCUT2D eigenvalue weighted by Crippen LogP contribution is -2.49. The smallest absolute Gasteiger partial charge is 0.416 e. The molecule has 1 unspecified atom stereocenters. The van der Waals surface area contributed by atoms with E-state index in [2.05, 4.69) is 5.32 Å². The monoisotopic (exact) mass is 716 g/mol. The summed E-state index contributed by atoms with van der Waals surface area (Å²) in [7, 11) is 1.36. The molecule has 3 aliphatic heterocycles. The van der Waals surface area contributed by atoms with Crippen LogP contribution in [-0.2, 0) is 28.0 Å². The molecule has 3 fully saturated rings. The zero-order chi connectivity index (χ0) is 36.6. The van der Waals surface area contributed by atoms with Gasteiger partial charge in [-0.1, -0.05) is 12.1 Å². The first-order chi connectivity index (χ1) is 23.2. The normalized spacial score (nSPS) is 23.6. The highest BCUT2D eigenvalue weighted by Crippen LogP contribution is 2.52. The maximum atomic E-state index is 14.1. The van der Waals surface area contributed by atoms with Crippen molar-refractivity contribution in [2.75, 3.05) is 13.7 Å². The summed E-state index contributed by atoms with van der Waals surface area (Å²) in [6.45, 7) is 3.61. The number of hydrogen-bond donors (Lipinski definition) is 1. The van der Waals surface area contributed by atoms with Crippen molar-refractivity contribution in [3.8, 4) is 16.9 Å². The fourth-order valence-corrected chi connectivity index (χ4v) is 7.09. The lowest BCUT2D eigenvalue weighted by molar-refractivity contribution is -0.143. The number of nitrogens with one attached hydrogen (secondary N) is 1. The largest absolute Gasteiger partial charge is 0.496 e. The van der Waals surface area contributed by atoms with E-state index in [1.165, 1.54) is 13.2 Å². The molecule has 7 nitrogen and oxygen atoms in total. The fourth-order valence-electron chi connectivity index (χ4n) is 7.09. The van der Waals surface area contributed by atoms with Gasteiger partial charge in [-0.2, -0.15) is 39.5 Å². The van der Waals surface area contributed by atoms with E-state index < -0.39 is 82.7 Å². The number of fused-ring (bicyclic) bond motifs is 1. The summed E-state index contributed by atoms with van der Waals surface area (Å²) >= 11 is 0. The minimum absolute atomic E-state index is 0.00116. The zero-order valence-corrected chi connectivity index (χ0v) is 26.5. The van der Waals surface area contributed by atoms with Gasteiger partial charge in [0.15, 0.2) is 0 Å². The highest BCUT2D eigenvalue weighted by Gasteiger charge is 2.52. The maximum Gasteiger partial charge on any atom is 0.416 e. The summed E-state index contributed by atoms with van der Waals surface area (Å²) < 4.78 is 141. The molecule has 2 amide bonds. The van der Waals surface area contributed by atoms with E-state index in [9.17, 15) is 49.1 Å². The van der Waals surface area contributed by atoms with E-state index in [-0.39, 0.29) is 42.3 Å². The minimum atomic E-state index is -5.15. The van der Waals surface area contributed by atoms with Crippen LogP contribution in [0.1, 0.15) is 78.1 Å². The first kappa shape index (κ1) is 35.2. The Bertz CT molecular complexity index is 1800. The van der Waals surface area contributed by atoms with Gasteiger partial charge in [-0.25, -0.2) is 9.59 Å². The van der Waals surface area contributed by atoms with E-state index in [4.69, 9.17) is 14.2 Å². The quantitative estimate of drug-likeness (QED) is 0.267. The van der Waals surface area contributed by atoms with Crippen LogP contribution in [0.15, 0.2) is 54.6 Å². The van der Waals surface area contributed by atoms with Crippen LogP contribution >= 0.6 is 0 Å². The van der Waals surface area contributed by atoms with Gasteiger partial charge in [0, 0.05) is 18.0 Å². The number of nitrogens with zero attached hydrogens (tertiary/aromatic N) is 1. The zero-order valence-electron chi connectivity index (χ0n) is 26.5. The number of benzene rings is 3. The number of alkyl carbamates (subject to hydrolysis) is 1. The number of alkyl halides is 9.